The van der Waals surface area contributed by atoms with Crippen LogP contribution in [0.2, 0.25) is 0 Å². The summed E-state index contributed by atoms with van der Waals surface area (Å²) in [7, 11) is 12.5. The first-order valence-corrected chi connectivity index (χ1v) is 24.0. The zero-order chi connectivity index (χ0) is 50.6. The van der Waals surface area contributed by atoms with E-state index in [2.05, 4.69) is 46.8 Å². The van der Waals surface area contributed by atoms with Gasteiger partial charge in [-0.25, -0.2) is 0 Å². The fourth-order valence-corrected chi connectivity index (χ4v) is 7.20. The van der Waals surface area contributed by atoms with Crippen molar-refractivity contribution in [3.05, 3.63) is 47.6 Å². The van der Waals surface area contributed by atoms with E-state index in [9.17, 15) is 15.3 Å². The summed E-state index contributed by atoms with van der Waals surface area (Å²) in [6.45, 7) is 24.9. The van der Waals surface area contributed by atoms with Crippen molar-refractivity contribution in [2.45, 2.75) is 202 Å². The summed E-state index contributed by atoms with van der Waals surface area (Å²) >= 11 is 0. The van der Waals surface area contributed by atoms with Gasteiger partial charge in [0.25, 0.3) is 0 Å². The number of rotatable bonds is 33. The minimum absolute atomic E-state index is 0.0747. The maximum Gasteiger partial charge on any atom is 0.156 e. The summed E-state index contributed by atoms with van der Waals surface area (Å²) in [5, 5.41) is 46.8. The Morgan fingerprint density at radius 1 is 0.469 bits per heavy atom. The maximum absolute atomic E-state index is 10.5. The zero-order valence-corrected chi connectivity index (χ0v) is 44.8. The highest BCUT2D eigenvalue weighted by Gasteiger charge is 2.25. The normalized spacial score (nSPS) is 18.1. The monoisotopic (exact) mass is 923 g/mol. The predicted octanol–water partition coefficient (Wildman–Crippen LogP) is 9.89. The van der Waals surface area contributed by atoms with Crippen molar-refractivity contribution in [1.82, 2.24) is 0 Å². The molecular formula is C52H106O12. The average Bonchev–Trinajstić information content (AvgIpc) is 3.32. The third kappa shape index (κ3) is 35.6. The van der Waals surface area contributed by atoms with Gasteiger partial charge in [-0.1, -0.05) is 117 Å². The highest BCUT2D eigenvalue weighted by molar-refractivity contribution is 5.14. The van der Waals surface area contributed by atoms with Crippen LogP contribution in [-0.2, 0) is 33.2 Å². The largest absolute Gasteiger partial charge is 0.400 e. The Hall–Kier alpha value is -1.52. The van der Waals surface area contributed by atoms with E-state index in [-0.39, 0.29) is 67.3 Å². The molecule has 0 aromatic heterocycles. The Morgan fingerprint density at radius 2 is 0.797 bits per heavy atom. The molecule has 0 rings (SSSR count). The molecule has 0 aliphatic heterocycles. The highest BCUT2D eigenvalue weighted by Crippen LogP contribution is 2.23. The topological polar surface area (TPSA) is 166 Å². The smallest absolute Gasteiger partial charge is 0.156 e. The Kier molecular flexibility index (Phi) is 55.2. The van der Waals surface area contributed by atoms with Gasteiger partial charge in [-0.3, -0.25) is 0 Å². The second kappa shape index (κ2) is 49.4. The van der Waals surface area contributed by atoms with Gasteiger partial charge >= 0.3 is 0 Å². The lowest BCUT2D eigenvalue weighted by molar-refractivity contribution is -0.126. The summed E-state index contributed by atoms with van der Waals surface area (Å²) in [6, 6.07) is 0. The third-order valence-electron chi connectivity index (χ3n) is 11.5. The standard InChI is InChI=1S/C24H46O6.C23H44O5.2C2H6.CH4O/c1-9-21(27-5)19(4)13-14-20(25)18(3)12-10-11-17(2)15-22(28-6)23(29-7)16-24(26)30-8;1-8-21(26-5)19(4)12-13-20(25)18(3)11-9-10-17(2)16-23(28-7)22(27-6)14-15-24;3*1-2/h10-12,18-26H,9,13-16H2,1-8H3;9-11,18-25H,8,12-16H2,1-7H3;2*1-2H3;2H,1H3/b12-10+,17-11+;11-9+,17-10+;;;/t18?,19?,20?,21?,22-,23?,24-;;;;/m0..../s1. The van der Waals surface area contributed by atoms with Crippen LogP contribution in [0.4, 0.5) is 0 Å². The lowest BCUT2D eigenvalue weighted by Gasteiger charge is -2.26. The Balaban J connectivity index is -0.000000325. The molecule has 0 amide bonds. The number of hydrogen-bond acceptors (Lipinski definition) is 12. The van der Waals surface area contributed by atoms with Crippen LogP contribution in [-0.4, -0.2) is 144 Å². The zero-order valence-electron chi connectivity index (χ0n) is 44.8. The molecule has 0 heterocycles. The Labute approximate surface area is 394 Å². The van der Waals surface area contributed by atoms with Crippen molar-refractivity contribution in [1.29, 1.82) is 0 Å². The lowest BCUT2D eigenvalue weighted by Crippen LogP contribution is -2.34. The molecule has 13 atom stereocenters. The SMILES string of the molecule is CC.CC.CCC(OC)C(C)CCC(O)C(C)/C=C/C=C(\C)CC(OC)C(CCO)OC.CCC(OC)C(C)CCC(O)C(C)/C=C/C=C(\C)C[C@H](OC)C(C[C@@H](O)OC)OC.CO. The average molecular weight is 923 g/mol. The van der Waals surface area contributed by atoms with Gasteiger partial charge in [-0.05, 0) is 83.5 Å². The van der Waals surface area contributed by atoms with Crippen LogP contribution in [0.15, 0.2) is 47.6 Å². The van der Waals surface area contributed by atoms with Crippen LogP contribution in [0, 0.1) is 23.7 Å². The summed E-state index contributed by atoms with van der Waals surface area (Å²) < 4.78 is 37.9. The van der Waals surface area contributed by atoms with Crippen LogP contribution in [0.5, 0.6) is 0 Å². The molecule has 0 fully saturated rings. The van der Waals surface area contributed by atoms with Gasteiger partial charge in [0.05, 0.1) is 48.8 Å². The molecule has 0 saturated heterocycles. The second-order valence-electron chi connectivity index (χ2n) is 16.1. The van der Waals surface area contributed by atoms with E-state index in [4.69, 9.17) is 43.4 Å². The van der Waals surface area contributed by atoms with Crippen LogP contribution in [0.1, 0.15) is 147 Å². The molecule has 386 valence electrons. The van der Waals surface area contributed by atoms with E-state index in [0.717, 1.165) is 57.6 Å². The van der Waals surface area contributed by atoms with Gasteiger partial charge in [-0.15, -0.1) is 0 Å². The number of hydrogen-bond donors (Lipinski definition) is 5. The minimum atomic E-state index is -0.877. The molecule has 0 aromatic rings. The van der Waals surface area contributed by atoms with E-state index in [1.165, 1.54) is 12.7 Å². The molecule has 0 aromatic carbocycles. The fourth-order valence-electron chi connectivity index (χ4n) is 7.20. The number of aliphatic hydroxyl groups is 5. The second-order valence-corrected chi connectivity index (χ2v) is 16.1. The third-order valence-corrected chi connectivity index (χ3v) is 11.5. The molecular weight excluding hydrogens is 817 g/mol. The van der Waals surface area contributed by atoms with E-state index < -0.39 is 6.29 Å². The molecule has 0 saturated carbocycles. The first kappa shape index (κ1) is 71.5. The molecule has 5 N–H and O–H groups in total. The molecule has 0 aliphatic rings. The molecule has 64 heavy (non-hydrogen) atoms. The van der Waals surface area contributed by atoms with Crippen molar-refractivity contribution in [2.75, 3.05) is 63.5 Å². The molecule has 0 radical (unpaired) electrons. The molecule has 12 nitrogen and oxygen atoms in total. The van der Waals surface area contributed by atoms with E-state index in [1.807, 2.05) is 72.8 Å². The molecule has 11 unspecified atom stereocenters. The summed E-state index contributed by atoms with van der Waals surface area (Å²) in [5.41, 5.74) is 2.30. The first-order valence-electron chi connectivity index (χ1n) is 24.0. The van der Waals surface area contributed by atoms with Gasteiger partial charge in [0.1, 0.15) is 0 Å². The quantitative estimate of drug-likeness (QED) is 0.0313. The van der Waals surface area contributed by atoms with Gasteiger partial charge in [0.2, 0.25) is 0 Å². The molecule has 0 aliphatic carbocycles. The van der Waals surface area contributed by atoms with Gasteiger partial charge < -0.3 is 58.7 Å². The lowest BCUT2D eigenvalue weighted by atomic mass is 9.91. The van der Waals surface area contributed by atoms with Crippen molar-refractivity contribution < 1.29 is 58.7 Å². The number of ether oxygens (including phenoxy) is 7. The van der Waals surface area contributed by atoms with E-state index in [1.54, 1.807) is 42.7 Å². The molecule has 0 bridgehead atoms. The van der Waals surface area contributed by atoms with Crippen molar-refractivity contribution in [3.8, 4) is 0 Å². The summed E-state index contributed by atoms with van der Waals surface area (Å²) in [4.78, 5) is 0. The molecule has 0 spiro atoms. The van der Waals surface area contributed by atoms with Crippen molar-refractivity contribution >= 4 is 0 Å². The summed E-state index contributed by atoms with van der Waals surface area (Å²) in [6.07, 6.45) is 18.2. The van der Waals surface area contributed by atoms with Crippen LogP contribution >= 0.6 is 0 Å². The summed E-state index contributed by atoms with van der Waals surface area (Å²) in [5.74, 6) is 1.05. The van der Waals surface area contributed by atoms with Crippen molar-refractivity contribution in [2.24, 2.45) is 23.7 Å². The predicted molar refractivity (Wildman–Crippen MR) is 268 cm³/mol. The van der Waals surface area contributed by atoms with Gasteiger partial charge in [0, 0.05) is 81.7 Å². The number of allylic oxidation sites excluding steroid dienone is 4. The van der Waals surface area contributed by atoms with Crippen LogP contribution in [0.3, 0.4) is 0 Å². The number of aliphatic hydroxyl groups excluding tert-OH is 5. The van der Waals surface area contributed by atoms with E-state index in [0.29, 0.717) is 31.1 Å². The van der Waals surface area contributed by atoms with Crippen LogP contribution < -0.4 is 0 Å². The fraction of sp³-hybridized carbons (Fsp3) is 0.846. The van der Waals surface area contributed by atoms with Gasteiger partial charge in [-0.2, -0.15) is 0 Å². The maximum atomic E-state index is 10.5. The highest BCUT2D eigenvalue weighted by atomic mass is 16.6. The molecule has 12 heteroatoms. The van der Waals surface area contributed by atoms with E-state index >= 15 is 0 Å². The van der Waals surface area contributed by atoms with Crippen LogP contribution in [0.25, 0.3) is 0 Å². The Morgan fingerprint density at radius 3 is 1.08 bits per heavy atom. The Bertz CT molecular complexity index is 1070. The number of methoxy groups -OCH3 is 7. The minimum Gasteiger partial charge on any atom is -0.400 e. The van der Waals surface area contributed by atoms with Crippen molar-refractivity contribution in [3.63, 3.8) is 0 Å². The van der Waals surface area contributed by atoms with Gasteiger partial charge in [0.15, 0.2) is 6.29 Å². The first-order chi connectivity index (χ1) is 30.6.